The number of benzene rings is 2. The van der Waals surface area contributed by atoms with E-state index in [1.165, 1.54) is 0 Å². The highest BCUT2D eigenvalue weighted by Crippen LogP contribution is 2.43. The number of rotatable bonds is 1. The first-order valence-corrected chi connectivity index (χ1v) is 5.34. The molecule has 1 aliphatic rings. The van der Waals surface area contributed by atoms with Crippen molar-refractivity contribution >= 4 is 5.97 Å². The molecule has 0 spiro atoms. The summed E-state index contributed by atoms with van der Waals surface area (Å²) in [6.45, 7) is 0. The highest BCUT2D eigenvalue weighted by Gasteiger charge is 2.27. The van der Waals surface area contributed by atoms with Crippen LogP contribution in [0.2, 0.25) is 0 Å². The average molecular weight is 305 g/mol. The Morgan fingerprint density at radius 2 is 1.39 bits per heavy atom. The number of hydrogen-bond acceptors (Lipinski definition) is 3. The summed E-state index contributed by atoms with van der Waals surface area (Å²) in [5, 5.41) is 11.3. The van der Waals surface area contributed by atoms with Gasteiger partial charge in [0.1, 0.15) is 11.5 Å². The summed E-state index contributed by atoms with van der Waals surface area (Å²) in [4.78, 5) is 11.3. The number of aliphatic carboxylic acids is 1. The molecule has 1 aliphatic heterocycles. The van der Waals surface area contributed by atoms with Crippen LogP contribution in [0.4, 0.5) is 0 Å². The minimum absolute atomic E-state index is 0. The zero-order valence-electron chi connectivity index (χ0n) is 9.30. The van der Waals surface area contributed by atoms with E-state index in [2.05, 4.69) is 0 Å². The van der Waals surface area contributed by atoms with Crippen LogP contribution >= 0.6 is 0 Å². The van der Waals surface area contributed by atoms with E-state index in [1.807, 2.05) is 12.1 Å². The third-order valence-electron chi connectivity index (χ3n) is 2.92. The van der Waals surface area contributed by atoms with Gasteiger partial charge in [-0.2, -0.15) is 0 Å². The Hall–Kier alpha value is -1.81. The number of fused-ring (bicyclic) bond motifs is 2. The van der Waals surface area contributed by atoms with Gasteiger partial charge < -0.3 is 31.6 Å². The van der Waals surface area contributed by atoms with E-state index < -0.39 is 11.9 Å². The second-order valence-electron chi connectivity index (χ2n) is 3.93. The average Bonchev–Trinajstić information content (AvgIpc) is 2.35. The van der Waals surface area contributed by atoms with E-state index in [4.69, 9.17) is 4.74 Å². The van der Waals surface area contributed by atoms with Crippen molar-refractivity contribution in [1.29, 1.82) is 0 Å². The maximum absolute atomic E-state index is 11.3. The number of hydrogen-bond donors (Lipinski definition) is 0. The van der Waals surface area contributed by atoms with Crippen molar-refractivity contribution in [2.45, 2.75) is 5.92 Å². The minimum Gasteiger partial charge on any atom is -1.00 e. The summed E-state index contributed by atoms with van der Waals surface area (Å²) in [6, 6.07) is 14.3. The molecule has 0 saturated carbocycles. The van der Waals surface area contributed by atoms with E-state index in [0.29, 0.717) is 22.6 Å². The molecule has 3 nitrogen and oxygen atoms in total. The Kier molecular flexibility index (Phi) is 3.39. The fourth-order valence-corrected chi connectivity index (χ4v) is 2.16. The molecule has 0 fully saturated rings. The van der Waals surface area contributed by atoms with E-state index >= 15 is 0 Å². The monoisotopic (exact) mass is 304 g/mol. The van der Waals surface area contributed by atoms with Crippen LogP contribution in [-0.4, -0.2) is 5.97 Å². The lowest BCUT2D eigenvalue weighted by Gasteiger charge is -2.28. The second-order valence-corrected chi connectivity index (χ2v) is 3.93. The number of carbonyl (C=O) groups excluding carboxylic acids is 1. The van der Waals surface area contributed by atoms with Crippen molar-refractivity contribution in [2.75, 3.05) is 0 Å². The van der Waals surface area contributed by atoms with Gasteiger partial charge in [-0.15, -0.1) is 0 Å². The lowest BCUT2D eigenvalue weighted by atomic mass is 9.88. The van der Waals surface area contributed by atoms with Gasteiger partial charge in [0, 0.05) is 11.1 Å². The van der Waals surface area contributed by atoms with Gasteiger partial charge >= 0.3 is 0 Å². The first-order valence-electron chi connectivity index (χ1n) is 5.34. The molecule has 3 rings (SSSR count). The zero-order chi connectivity index (χ0) is 11.8. The maximum Gasteiger partial charge on any atom is 0.131 e. The molecule has 0 atom stereocenters. The van der Waals surface area contributed by atoms with Crippen molar-refractivity contribution < 1.29 is 31.6 Å². The molecule has 4 heteroatoms. The summed E-state index contributed by atoms with van der Waals surface area (Å²) >= 11 is 0. The normalized spacial score (nSPS) is 12.7. The summed E-state index contributed by atoms with van der Waals surface area (Å²) < 4.78 is 5.67. The van der Waals surface area contributed by atoms with Crippen LogP contribution < -0.4 is 26.8 Å². The van der Waals surface area contributed by atoms with Crippen LogP contribution in [0.15, 0.2) is 48.5 Å². The molecule has 0 saturated heterocycles. The quantitative estimate of drug-likeness (QED) is 0.656. The number of ether oxygens (including phenoxy) is 1. The highest BCUT2D eigenvalue weighted by atomic mass is 79.9. The third-order valence-corrected chi connectivity index (χ3v) is 2.92. The maximum atomic E-state index is 11.3. The fourth-order valence-electron chi connectivity index (χ4n) is 2.16. The molecule has 0 N–H and O–H groups in total. The van der Waals surface area contributed by atoms with E-state index in [1.54, 1.807) is 36.4 Å². The Bertz CT molecular complexity index is 550. The van der Waals surface area contributed by atoms with Gasteiger partial charge in [0.25, 0.3) is 0 Å². The van der Waals surface area contributed by atoms with Crippen molar-refractivity contribution in [3.8, 4) is 11.5 Å². The standard InChI is InChI=1S/C14H10O3.BrH/c15-14(16)13-9-5-1-3-7-11(9)17-12-8-4-2-6-10(12)13;/h1-8,13H,(H,15,16);1H/p-2. The predicted molar refractivity (Wildman–Crippen MR) is 59.8 cm³/mol. The van der Waals surface area contributed by atoms with E-state index in [0.717, 1.165) is 0 Å². The molecule has 18 heavy (non-hydrogen) atoms. The number of carboxylic acid groups (broad SMARTS) is 1. The Balaban J connectivity index is 0.00000120. The largest absolute Gasteiger partial charge is 1.00 e. The van der Waals surface area contributed by atoms with Gasteiger partial charge in [-0.1, -0.05) is 36.4 Å². The van der Waals surface area contributed by atoms with Crippen molar-refractivity contribution in [3.05, 3.63) is 59.7 Å². The van der Waals surface area contributed by atoms with Crippen molar-refractivity contribution in [1.82, 2.24) is 0 Å². The number of carbonyl (C=O) groups is 1. The van der Waals surface area contributed by atoms with Gasteiger partial charge in [0.05, 0.1) is 11.9 Å². The summed E-state index contributed by atoms with van der Waals surface area (Å²) in [7, 11) is 0. The van der Waals surface area contributed by atoms with Gasteiger partial charge in [0.15, 0.2) is 0 Å². The molecule has 0 amide bonds. The molecule has 0 aliphatic carbocycles. The van der Waals surface area contributed by atoms with Crippen LogP contribution in [0, 0.1) is 0 Å². The Morgan fingerprint density at radius 3 is 1.83 bits per heavy atom. The van der Waals surface area contributed by atoms with E-state index in [9.17, 15) is 9.90 Å². The topological polar surface area (TPSA) is 49.4 Å². The van der Waals surface area contributed by atoms with Crippen LogP contribution in [0.25, 0.3) is 0 Å². The van der Waals surface area contributed by atoms with Crippen molar-refractivity contribution in [2.24, 2.45) is 0 Å². The minimum atomic E-state index is -1.10. The lowest BCUT2D eigenvalue weighted by molar-refractivity contribution is -0.306. The van der Waals surface area contributed by atoms with Crippen LogP contribution in [0.1, 0.15) is 17.0 Å². The molecule has 0 bridgehead atoms. The molecule has 0 aromatic heterocycles. The zero-order valence-corrected chi connectivity index (χ0v) is 10.9. The molecule has 1 heterocycles. The van der Waals surface area contributed by atoms with Crippen molar-refractivity contribution in [3.63, 3.8) is 0 Å². The molecule has 0 unspecified atom stereocenters. The second kappa shape index (κ2) is 4.82. The number of halogens is 1. The predicted octanol–water partition coefficient (Wildman–Crippen LogP) is -1.32. The summed E-state index contributed by atoms with van der Waals surface area (Å²) in [5.41, 5.74) is 1.29. The molecule has 92 valence electrons. The molecular weight excluding hydrogens is 296 g/mol. The third kappa shape index (κ3) is 1.88. The SMILES string of the molecule is O=C([O-])C1c2ccccc2Oc2ccccc21.[Br-]. The molecule has 2 aromatic carbocycles. The first kappa shape index (κ1) is 12.6. The molecule has 2 aromatic rings. The summed E-state index contributed by atoms with van der Waals surface area (Å²) in [6.07, 6.45) is 0. The van der Waals surface area contributed by atoms with E-state index in [-0.39, 0.29) is 17.0 Å². The fraction of sp³-hybridized carbons (Fsp3) is 0.0714. The number of carboxylic acids is 1. The first-order chi connectivity index (χ1) is 8.27. The molecule has 0 radical (unpaired) electrons. The van der Waals surface area contributed by atoms with Gasteiger partial charge in [-0.05, 0) is 12.1 Å². The van der Waals surface area contributed by atoms with Gasteiger partial charge in [0.2, 0.25) is 0 Å². The Morgan fingerprint density at radius 1 is 0.944 bits per heavy atom. The van der Waals surface area contributed by atoms with Gasteiger partial charge in [-0.3, -0.25) is 0 Å². The van der Waals surface area contributed by atoms with Crippen LogP contribution in [-0.2, 0) is 4.79 Å². The van der Waals surface area contributed by atoms with Gasteiger partial charge in [-0.25, -0.2) is 0 Å². The Labute approximate surface area is 115 Å². The summed E-state index contributed by atoms with van der Waals surface area (Å²) in [5.74, 6) is -0.690. The lowest BCUT2D eigenvalue weighted by Crippen LogP contribution is -3.00. The van der Waals surface area contributed by atoms with Crippen LogP contribution in [0.5, 0.6) is 11.5 Å². The van der Waals surface area contributed by atoms with Crippen LogP contribution in [0.3, 0.4) is 0 Å². The highest BCUT2D eigenvalue weighted by molar-refractivity contribution is 5.82. The smallest absolute Gasteiger partial charge is 0.131 e. The number of para-hydroxylation sites is 2. The molecular formula is C14H9BrO3-2.